The van der Waals surface area contributed by atoms with E-state index in [0.29, 0.717) is 13.2 Å². The van der Waals surface area contributed by atoms with Crippen molar-refractivity contribution in [2.75, 3.05) is 13.7 Å². The summed E-state index contributed by atoms with van der Waals surface area (Å²) in [4.78, 5) is 11.0. The van der Waals surface area contributed by atoms with Crippen LogP contribution >= 0.6 is 0 Å². The van der Waals surface area contributed by atoms with Gasteiger partial charge < -0.3 is 15.2 Å². The average molecular weight is 285 g/mol. The van der Waals surface area contributed by atoms with Gasteiger partial charge in [-0.2, -0.15) is 0 Å². The lowest BCUT2D eigenvalue weighted by molar-refractivity contribution is -0.141. The van der Waals surface area contributed by atoms with E-state index in [1.165, 1.54) is 7.11 Å². The second-order valence-electron chi connectivity index (χ2n) is 4.60. The predicted molar refractivity (Wildman–Crippen MR) is 81.9 cm³/mol. The molecule has 4 nitrogen and oxygen atoms in total. The molecule has 2 N–H and O–H groups in total. The highest BCUT2D eigenvalue weighted by Gasteiger charge is 2.02. The summed E-state index contributed by atoms with van der Waals surface area (Å²) in [5, 5.41) is 0. The lowest BCUT2D eigenvalue weighted by atomic mass is 10.0. The number of rotatable bonds is 6. The van der Waals surface area contributed by atoms with Crippen LogP contribution in [0, 0.1) is 0 Å². The van der Waals surface area contributed by atoms with Crippen molar-refractivity contribution >= 4 is 5.97 Å². The Morgan fingerprint density at radius 3 is 2.10 bits per heavy atom. The van der Waals surface area contributed by atoms with Crippen LogP contribution in [0.5, 0.6) is 5.75 Å². The van der Waals surface area contributed by atoms with Crippen molar-refractivity contribution in [2.24, 2.45) is 5.73 Å². The third-order valence-electron chi connectivity index (χ3n) is 3.18. The number of nitrogens with two attached hydrogens (primary N) is 1. The van der Waals surface area contributed by atoms with Crippen LogP contribution in [-0.4, -0.2) is 19.7 Å². The maximum Gasteiger partial charge on any atom is 0.308 e. The summed E-state index contributed by atoms with van der Waals surface area (Å²) in [6, 6.07) is 15.9. The number of benzene rings is 2. The number of methoxy groups -OCH3 is 1. The topological polar surface area (TPSA) is 61.5 Å². The van der Waals surface area contributed by atoms with E-state index in [1.54, 1.807) is 0 Å². The van der Waals surface area contributed by atoms with Crippen LogP contribution in [-0.2, 0) is 16.1 Å². The second kappa shape index (κ2) is 7.45. The third kappa shape index (κ3) is 4.33. The van der Waals surface area contributed by atoms with Gasteiger partial charge in [-0.3, -0.25) is 4.79 Å². The largest absolute Gasteiger partial charge is 0.493 e. The van der Waals surface area contributed by atoms with E-state index in [0.717, 1.165) is 22.4 Å². The van der Waals surface area contributed by atoms with Crippen LogP contribution in [0.3, 0.4) is 0 Å². The molecule has 0 bridgehead atoms. The fourth-order valence-electron chi connectivity index (χ4n) is 1.93. The van der Waals surface area contributed by atoms with Gasteiger partial charge in [0.15, 0.2) is 0 Å². The summed E-state index contributed by atoms with van der Waals surface area (Å²) in [6.07, 6.45) is 0.249. The van der Waals surface area contributed by atoms with Crippen molar-refractivity contribution in [1.29, 1.82) is 0 Å². The number of carbonyl (C=O) groups excluding carboxylic acids is 1. The molecular weight excluding hydrogens is 266 g/mol. The van der Waals surface area contributed by atoms with Gasteiger partial charge in [-0.05, 0) is 28.8 Å². The Labute approximate surface area is 124 Å². The second-order valence-corrected chi connectivity index (χ2v) is 4.60. The summed E-state index contributed by atoms with van der Waals surface area (Å²) in [6.45, 7) is 0.866. The van der Waals surface area contributed by atoms with Crippen molar-refractivity contribution in [3.05, 3.63) is 54.1 Å². The summed E-state index contributed by atoms with van der Waals surface area (Å²) in [5.41, 5.74) is 8.94. The van der Waals surface area contributed by atoms with Gasteiger partial charge in [0, 0.05) is 6.54 Å². The number of hydrogen-bond acceptors (Lipinski definition) is 4. The SMILES string of the molecule is COC(=O)CCOc1ccc(-c2ccc(CN)cc2)cc1. The number of carbonyl (C=O) groups is 1. The van der Waals surface area contributed by atoms with Crippen LogP contribution in [0.1, 0.15) is 12.0 Å². The monoisotopic (exact) mass is 285 g/mol. The minimum atomic E-state index is -0.272. The van der Waals surface area contributed by atoms with E-state index in [4.69, 9.17) is 10.5 Å². The molecule has 0 spiro atoms. The van der Waals surface area contributed by atoms with Crippen molar-refractivity contribution in [3.8, 4) is 16.9 Å². The van der Waals surface area contributed by atoms with Gasteiger partial charge in [-0.15, -0.1) is 0 Å². The van der Waals surface area contributed by atoms with Gasteiger partial charge in [-0.1, -0.05) is 36.4 Å². The minimum absolute atomic E-state index is 0.249. The van der Waals surface area contributed by atoms with E-state index in [1.807, 2.05) is 36.4 Å². The molecule has 0 saturated heterocycles. The smallest absolute Gasteiger partial charge is 0.308 e. The van der Waals surface area contributed by atoms with Crippen molar-refractivity contribution in [2.45, 2.75) is 13.0 Å². The van der Waals surface area contributed by atoms with Crippen molar-refractivity contribution < 1.29 is 14.3 Å². The Bertz CT molecular complexity index is 576. The van der Waals surface area contributed by atoms with E-state index in [-0.39, 0.29) is 12.4 Å². The van der Waals surface area contributed by atoms with E-state index in [2.05, 4.69) is 16.9 Å². The molecule has 0 aliphatic carbocycles. The lowest BCUT2D eigenvalue weighted by Gasteiger charge is -2.07. The first-order chi connectivity index (χ1) is 10.2. The standard InChI is InChI=1S/C17H19NO3/c1-20-17(19)10-11-21-16-8-6-15(7-9-16)14-4-2-13(12-18)3-5-14/h2-9H,10-12,18H2,1H3. The van der Waals surface area contributed by atoms with Crippen LogP contribution in [0.25, 0.3) is 11.1 Å². The molecule has 0 heterocycles. The summed E-state index contributed by atoms with van der Waals surface area (Å²) < 4.78 is 10.0. The number of esters is 1. The molecule has 0 fully saturated rings. The lowest BCUT2D eigenvalue weighted by Crippen LogP contribution is -2.07. The van der Waals surface area contributed by atoms with Gasteiger partial charge in [0.1, 0.15) is 5.75 Å². The molecular formula is C17H19NO3. The molecule has 0 saturated carbocycles. The fraction of sp³-hybridized carbons (Fsp3) is 0.235. The molecule has 0 aliphatic heterocycles. The maximum absolute atomic E-state index is 11.0. The Morgan fingerprint density at radius 2 is 1.57 bits per heavy atom. The zero-order valence-corrected chi connectivity index (χ0v) is 12.0. The predicted octanol–water partition coefficient (Wildman–Crippen LogP) is 2.75. The molecule has 21 heavy (non-hydrogen) atoms. The first kappa shape index (κ1) is 15.1. The van der Waals surface area contributed by atoms with Crippen LogP contribution < -0.4 is 10.5 Å². The van der Waals surface area contributed by atoms with Gasteiger partial charge in [0.2, 0.25) is 0 Å². The summed E-state index contributed by atoms with van der Waals surface area (Å²) in [5.74, 6) is 0.466. The molecule has 0 unspecified atom stereocenters. The molecule has 0 aliphatic rings. The minimum Gasteiger partial charge on any atom is -0.493 e. The Balaban J connectivity index is 1.96. The van der Waals surface area contributed by atoms with Crippen LogP contribution in [0.2, 0.25) is 0 Å². The quantitative estimate of drug-likeness (QED) is 0.829. The van der Waals surface area contributed by atoms with Gasteiger partial charge in [0.25, 0.3) is 0 Å². The molecule has 0 atom stereocenters. The molecule has 2 aromatic rings. The van der Waals surface area contributed by atoms with Gasteiger partial charge in [-0.25, -0.2) is 0 Å². The Kier molecular flexibility index (Phi) is 5.35. The number of ether oxygens (including phenoxy) is 2. The van der Waals surface area contributed by atoms with Crippen LogP contribution in [0.4, 0.5) is 0 Å². The highest BCUT2D eigenvalue weighted by atomic mass is 16.5. The molecule has 0 amide bonds. The Morgan fingerprint density at radius 1 is 1.00 bits per heavy atom. The molecule has 2 rings (SSSR count). The number of hydrogen-bond donors (Lipinski definition) is 1. The van der Waals surface area contributed by atoms with Gasteiger partial charge in [0.05, 0.1) is 20.1 Å². The Hall–Kier alpha value is -2.33. The van der Waals surface area contributed by atoms with Crippen molar-refractivity contribution in [3.63, 3.8) is 0 Å². The molecule has 110 valence electrons. The maximum atomic E-state index is 11.0. The van der Waals surface area contributed by atoms with E-state index >= 15 is 0 Å². The fourth-order valence-corrected chi connectivity index (χ4v) is 1.93. The highest BCUT2D eigenvalue weighted by Crippen LogP contribution is 2.22. The molecule has 2 aromatic carbocycles. The first-order valence-corrected chi connectivity index (χ1v) is 6.82. The molecule has 0 aromatic heterocycles. The molecule has 4 heteroatoms. The summed E-state index contributed by atoms with van der Waals surface area (Å²) >= 11 is 0. The van der Waals surface area contributed by atoms with E-state index < -0.39 is 0 Å². The first-order valence-electron chi connectivity index (χ1n) is 6.82. The normalized spacial score (nSPS) is 10.2. The van der Waals surface area contributed by atoms with E-state index in [9.17, 15) is 4.79 Å². The summed E-state index contributed by atoms with van der Waals surface area (Å²) in [7, 11) is 1.37. The zero-order valence-electron chi connectivity index (χ0n) is 12.0. The van der Waals surface area contributed by atoms with Gasteiger partial charge >= 0.3 is 5.97 Å². The van der Waals surface area contributed by atoms with Crippen LogP contribution in [0.15, 0.2) is 48.5 Å². The zero-order chi connectivity index (χ0) is 15.1. The average Bonchev–Trinajstić information content (AvgIpc) is 2.55. The molecule has 0 radical (unpaired) electrons. The highest BCUT2D eigenvalue weighted by molar-refractivity contribution is 5.69. The third-order valence-corrected chi connectivity index (χ3v) is 3.18. The van der Waals surface area contributed by atoms with Crippen molar-refractivity contribution in [1.82, 2.24) is 0 Å².